The van der Waals surface area contributed by atoms with Gasteiger partial charge in [-0.05, 0) is 30.9 Å². The number of hydrazine groups is 1. The van der Waals surface area contributed by atoms with Crippen molar-refractivity contribution in [2.45, 2.75) is 44.6 Å². The van der Waals surface area contributed by atoms with E-state index in [1.165, 1.54) is 23.3 Å². The van der Waals surface area contributed by atoms with Gasteiger partial charge in [-0.15, -0.1) is 0 Å². The van der Waals surface area contributed by atoms with Crippen LogP contribution >= 0.6 is 0 Å². The number of pyridine rings is 1. The fourth-order valence-electron chi connectivity index (χ4n) is 4.08. The zero-order valence-electron chi connectivity index (χ0n) is 16.2. The predicted molar refractivity (Wildman–Crippen MR) is 102 cm³/mol. The molecule has 0 radical (unpaired) electrons. The Balaban J connectivity index is 1.68. The molecular weight excluding hydrogens is 378 g/mol. The molecule has 2 aliphatic rings. The summed E-state index contributed by atoms with van der Waals surface area (Å²) in [6.07, 6.45) is 6.80. The zero-order valence-corrected chi connectivity index (χ0v) is 16.2. The largest absolute Gasteiger partial charge is 0.506 e. The minimum absolute atomic E-state index is 0.0131. The van der Waals surface area contributed by atoms with Crippen molar-refractivity contribution >= 4 is 24.0 Å². The molecule has 4 N–H and O–H groups in total. The third-order valence-electron chi connectivity index (χ3n) is 5.52. The van der Waals surface area contributed by atoms with E-state index >= 15 is 0 Å². The Labute approximate surface area is 168 Å². The molecule has 1 saturated heterocycles. The van der Waals surface area contributed by atoms with E-state index in [2.05, 4.69) is 15.7 Å². The first-order chi connectivity index (χ1) is 14.0. The molecule has 0 bridgehead atoms. The molecule has 2 atom stereocenters. The third-order valence-corrected chi connectivity index (χ3v) is 5.52. The van der Waals surface area contributed by atoms with Crippen LogP contribution in [-0.2, 0) is 14.4 Å². The molecule has 3 rings (SSSR count). The molecule has 3 amide bonds. The second kappa shape index (κ2) is 9.66. The number of hydrogen-bond acceptors (Lipinski definition) is 7. The summed E-state index contributed by atoms with van der Waals surface area (Å²) in [5.74, 6) is -0.662. The summed E-state index contributed by atoms with van der Waals surface area (Å²) in [5.41, 5.74) is 2.95. The number of amides is 3. The van der Waals surface area contributed by atoms with Crippen molar-refractivity contribution in [2.75, 3.05) is 18.4 Å². The van der Waals surface area contributed by atoms with Crippen LogP contribution in [0.2, 0.25) is 0 Å². The van der Waals surface area contributed by atoms with E-state index in [0.717, 1.165) is 25.7 Å². The van der Waals surface area contributed by atoms with Crippen LogP contribution in [-0.4, -0.2) is 62.7 Å². The number of nitrogens with zero attached hydrogens (tertiary/aromatic N) is 3. The molecule has 1 aromatic heterocycles. The van der Waals surface area contributed by atoms with Crippen LogP contribution in [0.3, 0.4) is 0 Å². The smallest absolute Gasteiger partial charge is 0.250 e. The predicted octanol–water partition coefficient (Wildman–Crippen LogP) is 0.875. The Hall–Kier alpha value is -2.72. The van der Waals surface area contributed by atoms with Crippen LogP contribution < -0.4 is 10.7 Å². The molecule has 0 spiro atoms. The van der Waals surface area contributed by atoms with Gasteiger partial charge in [-0.3, -0.25) is 24.6 Å². The van der Waals surface area contributed by atoms with E-state index in [0.29, 0.717) is 30.4 Å². The zero-order chi connectivity index (χ0) is 20.8. The fourth-order valence-corrected chi connectivity index (χ4v) is 4.08. The number of nitrogens with one attached hydrogen (secondary N) is 2. The molecule has 1 saturated carbocycles. The molecule has 10 heteroatoms. The van der Waals surface area contributed by atoms with Crippen molar-refractivity contribution < 1.29 is 24.7 Å². The summed E-state index contributed by atoms with van der Waals surface area (Å²) in [5, 5.41) is 23.4. The molecule has 1 aliphatic heterocycles. The highest BCUT2D eigenvalue weighted by atomic mass is 16.5. The van der Waals surface area contributed by atoms with E-state index in [9.17, 15) is 24.7 Å². The topological polar surface area (TPSA) is 135 Å². The van der Waals surface area contributed by atoms with E-state index in [1.807, 2.05) is 0 Å². The van der Waals surface area contributed by atoms with Gasteiger partial charge in [-0.2, -0.15) is 0 Å². The van der Waals surface area contributed by atoms with E-state index in [-0.39, 0.29) is 30.4 Å². The van der Waals surface area contributed by atoms with Gasteiger partial charge in [0.25, 0.3) is 0 Å². The Kier molecular flexibility index (Phi) is 6.99. The SMILES string of the molecule is O=CN(O)C[C@@H](CC1CCCC1)C(=O)N1NCC[C@H]1C(=O)Nc1ccc(O)cn1. The Morgan fingerprint density at radius 1 is 1.34 bits per heavy atom. The second-order valence-corrected chi connectivity index (χ2v) is 7.62. The summed E-state index contributed by atoms with van der Waals surface area (Å²) >= 11 is 0. The quantitative estimate of drug-likeness (QED) is 0.286. The highest BCUT2D eigenvalue weighted by Gasteiger charge is 2.39. The molecule has 29 heavy (non-hydrogen) atoms. The first kappa shape index (κ1) is 21.0. The lowest BCUT2D eigenvalue weighted by atomic mass is 9.92. The highest BCUT2D eigenvalue weighted by molar-refractivity contribution is 5.97. The maximum atomic E-state index is 13.2. The van der Waals surface area contributed by atoms with Crippen LogP contribution in [0.25, 0.3) is 0 Å². The van der Waals surface area contributed by atoms with Gasteiger partial charge in [-0.1, -0.05) is 25.7 Å². The number of hydroxylamine groups is 2. The summed E-state index contributed by atoms with van der Waals surface area (Å²) < 4.78 is 0. The van der Waals surface area contributed by atoms with Gasteiger partial charge in [0.2, 0.25) is 18.2 Å². The lowest BCUT2D eigenvalue weighted by Crippen LogP contribution is -2.51. The fraction of sp³-hybridized carbons (Fsp3) is 0.579. The van der Waals surface area contributed by atoms with Crippen LogP contribution in [0.5, 0.6) is 5.75 Å². The van der Waals surface area contributed by atoms with E-state index < -0.39 is 17.9 Å². The summed E-state index contributed by atoms with van der Waals surface area (Å²) in [6.45, 7) is 0.352. The summed E-state index contributed by atoms with van der Waals surface area (Å²) in [4.78, 5) is 40.7. The van der Waals surface area contributed by atoms with Gasteiger partial charge in [0, 0.05) is 6.54 Å². The Morgan fingerprint density at radius 2 is 2.10 bits per heavy atom. The van der Waals surface area contributed by atoms with E-state index in [4.69, 9.17) is 0 Å². The van der Waals surface area contributed by atoms with Gasteiger partial charge in [0.1, 0.15) is 17.6 Å². The molecule has 0 aromatic carbocycles. The Bertz CT molecular complexity index is 722. The monoisotopic (exact) mass is 405 g/mol. The van der Waals surface area contributed by atoms with Crippen molar-refractivity contribution in [3.05, 3.63) is 18.3 Å². The number of aromatic nitrogens is 1. The standard InChI is InChI=1S/C19H27N5O5/c25-12-23(29)11-14(9-13-3-1-2-4-13)19(28)24-16(7-8-21-24)18(27)22-17-6-5-15(26)10-20-17/h5-6,10,12-14,16,21,26,29H,1-4,7-9,11H2,(H,20,22,27)/t14-,16+/m1/s1. The van der Waals surface area contributed by atoms with Gasteiger partial charge in [0.15, 0.2) is 0 Å². The average molecular weight is 405 g/mol. The maximum absolute atomic E-state index is 13.2. The number of aromatic hydroxyl groups is 1. The summed E-state index contributed by atoms with van der Waals surface area (Å²) in [7, 11) is 0. The van der Waals surface area contributed by atoms with E-state index in [1.54, 1.807) is 0 Å². The molecule has 2 heterocycles. The molecule has 1 aromatic rings. The Morgan fingerprint density at radius 3 is 2.76 bits per heavy atom. The third kappa shape index (κ3) is 5.42. The average Bonchev–Trinajstić information content (AvgIpc) is 3.40. The first-order valence-corrected chi connectivity index (χ1v) is 9.91. The molecule has 10 nitrogen and oxygen atoms in total. The molecular formula is C19H27N5O5. The van der Waals surface area contributed by atoms with Gasteiger partial charge in [0.05, 0.1) is 18.7 Å². The highest BCUT2D eigenvalue weighted by Crippen LogP contribution is 2.31. The minimum atomic E-state index is -0.729. The molecule has 158 valence electrons. The first-order valence-electron chi connectivity index (χ1n) is 9.91. The van der Waals surface area contributed by atoms with Gasteiger partial charge >= 0.3 is 0 Å². The van der Waals surface area contributed by atoms with Gasteiger partial charge < -0.3 is 10.4 Å². The van der Waals surface area contributed by atoms with Crippen LogP contribution in [0.15, 0.2) is 18.3 Å². The summed E-state index contributed by atoms with van der Waals surface area (Å²) in [6, 6.07) is 2.15. The van der Waals surface area contributed by atoms with Crippen LogP contribution in [0.1, 0.15) is 38.5 Å². The van der Waals surface area contributed by atoms with Crippen molar-refractivity contribution in [3.63, 3.8) is 0 Å². The van der Waals surface area contributed by atoms with Crippen LogP contribution in [0.4, 0.5) is 5.82 Å². The van der Waals surface area contributed by atoms with Gasteiger partial charge in [-0.25, -0.2) is 15.5 Å². The number of carbonyl (C=O) groups excluding carboxylic acids is 3. The number of rotatable bonds is 8. The second-order valence-electron chi connectivity index (χ2n) is 7.62. The normalized spacial score (nSPS) is 20.4. The maximum Gasteiger partial charge on any atom is 0.250 e. The lowest BCUT2D eigenvalue weighted by Gasteiger charge is -2.29. The van der Waals surface area contributed by atoms with Crippen LogP contribution in [0, 0.1) is 11.8 Å². The van der Waals surface area contributed by atoms with Crippen molar-refractivity contribution in [1.82, 2.24) is 20.5 Å². The van der Waals surface area contributed by atoms with Crippen molar-refractivity contribution in [3.8, 4) is 5.75 Å². The molecule has 2 fully saturated rings. The number of carbonyl (C=O) groups is 3. The lowest BCUT2D eigenvalue weighted by molar-refractivity contribution is -0.159. The number of anilines is 1. The molecule has 1 aliphatic carbocycles. The minimum Gasteiger partial charge on any atom is -0.506 e. The molecule has 0 unspecified atom stereocenters. The van der Waals surface area contributed by atoms with Crippen molar-refractivity contribution in [1.29, 1.82) is 0 Å². The number of hydrogen-bond donors (Lipinski definition) is 4. The van der Waals surface area contributed by atoms with Crippen molar-refractivity contribution in [2.24, 2.45) is 11.8 Å².